The number of hydrogen-bond donors (Lipinski definition) is 1. The average Bonchev–Trinajstić information content (AvgIpc) is 2.61. The van der Waals surface area contributed by atoms with Gasteiger partial charge in [-0.1, -0.05) is 12.1 Å². The lowest BCUT2D eigenvalue weighted by molar-refractivity contribution is -0.111. The number of para-hydroxylation sites is 1. The number of rotatable bonds is 4. The molecule has 0 atom stereocenters. The smallest absolute Gasteiger partial charge is 0.248 e. The first-order valence-electron chi connectivity index (χ1n) is 7.38. The maximum absolute atomic E-state index is 12.1. The Kier molecular flexibility index (Phi) is 5.05. The van der Waals surface area contributed by atoms with Crippen molar-refractivity contribution in [3.05, 3.63) is 52.5 Å². The van der Waals surface area contributed by atoms with Gasteiger partial charge in [0.15, 0.2) is 11.5 Å². The van der Waals surface area contributed by atoms with Gasteiger partial charge in [-0.15, -0.1) is 0 Å². The Morgan fingerprint density at radius 2 is 2.04 bits per heavy atom. The number of amides is 1. The number of anilines is 1. The van der Waals surface area contributed by atoms with Crippen LogP contribution in [0.2, 0.25) is 0 Å². The molecule has 0 spiro atoms. The Balaban J connectivity index is 1.76. The van der Waals surface area contributed by atoms with Crippen LogP contribution in [0.3, 0.4) is 0 Å². The number of nitrogens with one attached hydrogen (secondary N) is 1. The Labute approximate surface area is 148 Å². The van der Waals surface area contributed by atoms with E-state index in [1.807, 2.05) is 30.3 Å². The molecule has 1 amide bonds. The fourth-order valence-electron chi connectivity index (χ4n) is 2.30. The van der Waals surface area contributed by atoms with Crippen LogP contribution in [0, 0.1) is 0 Å². The van der Waals surface area contributed by atoms with Crippen molar-refractivity contribution in [1.82, 2.24) is 0 Å². The minimum absolute atomic E-state index is 0.226. The number of hydrogen-bond acceptors (Lipinski definition) is 4. The normalized spacial score (nSPS) is 12.9. The van der Waals surface area contributed by atoms with Crippen LogP contribution in [0.4, 0.5) is 5.69 Å². The van der Waals surface area contributed by atoms with Crippen molar-refractivity contribution in [1.29, 1.82) is 0 Å². The largest absolute Gasteiger partial charge is 0.493 e. The second kappa shape index (κ2) is 7.40. The van der Waals surface area contributed by atoms with Gasteiger partial charge in [-0.3, -0.25) is 4.79 Å². The molecule has 6 heteroatoms. The molecule has 1 aliphatic heterocycles. The molecule has 5 nitrogen and oxygen atoms in total. The van der Waals surface area contributed by atoms with Gasteiger partial charge < -0.3 is 19.5 Å². The van der Waals surface area contributed by atoms with Crippen LogP contribution < -0.4 is 19.5 Å². The third-order valence-corrected chi connectivity index (χ3v) is 4.10. The summed E-state index contributed by atoms with van der Waals surface area (Å²) in [5.74, 6) is 1.57. The molecule has 2 aromatic carbocycles. The number of halogens is 1. The van der Waals surface area contributed by atoms with E-state index in [9.17, 15) is 4.79 Å². The monoisotopic (exact) mass is 389 g/mol. The molecule has 0 bridgehead atoms. The van der Waals surface area contributed by atoms with E-state index in [0.717, 1.165) is 10.0 Å². The maximum atomic E-state index is 12.1. The maximum Gasteiger partial charge on any atom is 0.248 e. The first-order valence-corrected chi connectivity index (χ1v) is 8.18. The highest BCUT2D eigenvalue weighted by atomic mass is 79.9. The van der Waals surface area contributed by atoms with Crippen molar-refractivity contribution in [3.63, 3.8) is 0 Å². The first kappa shape index (κ1) is 16.4. The fraction of sp³-hybridized carbons (Fsp3) is 0.167. The number of carbonyl (C=O) groups is 1. The van der Waals surface area contributed by atoms with Gasteiger partial charge in [-0.05, 0) is 51.8 Å². The number of carbonyl (C=O) groups excluding carboxylic acids is 1. The highest BCUT2D eigenvalue weighted by Crippen LogP contribution is 2.40. The Morgan fingerprint density at radius 1 is 1.25 bits per heavy atom. The van der Waals surface area contributed by atoms with Gasteiger partial charge >= 0.3 is 0 Å². The lowest BCUT2D eigenvalue weighted by atomic mass is 10.1. The summed E-state index contributed by atoms with van der Waals surface area (Å²) in [7, 11) is 1.57. The summed E-state index contributed by atoms with van der Waals surface area (Å²) in [4.78, 5) is 12.1. The summed E-state index contributed by atoms with van der Waals surface area (Å²) in [6, 6.07) is 11.1. The van der Waals surface area contributed by atoms with E-state index in [4.69, 9.17) is 14.2 Å². The Morgan fingerprint density at radius 3 is 2.83 bits per heavy atom. The second-order valence-electron chi connectivity index (χ2n) is 5.05. The Hall–Kier alpha value is -2.47. The summed E-state index contributed by atoms with van der Waals surface area (Å²) in [6.45, 7) is 0.985. The molecule has 1 aliphatic rings. The minimum atomic E-state index is -0.226. The molecular formula is C18H16BrNO4. The van der Waals surface area contributed by atoms with Crippen LogP contribution in [-0.4, -0.2) is 26.2 Å². The fourth-order valence-corrected chi connectivity index (χ4v) is 2.68. The predicted octanol–water partition coefficient (Wildman–Crippen LogP) is 3.88. The van der Waals surface area contributed by atoms with Gasteiger partial charge in [-0.25, -0.2) is 0 Å². The van der Waals surface area contributed by atoms with Crippen LogP contribution in [-0.2, 0) is 4.79 Å². The molecule has 124 valence electrons. The van der Waals surface area contributed by atoms with Crippen molar-refractivity contribution in [3.8, 4) is 17.2 Å². The summed E-state index contributed by atoms with van der Waals surface area (Å²) < 4.78 is 17.3. The van der Waals surface area contributed by atoms with Crippen LogP contribution in [0.1, 0.15) is 5.56 Å². The quantitative estimate of drug-likeness (QED) is 0.806. The molecule has 0 unspecified atom stereocenters. The van der Waals surface area contributed by atoms with E-state index in [2.05, 4.69) is 21.2 Å². The molecule has 0 radical (unpaired) electrons. The zero-order chi connectivity index (χ0) is 16.9. The molecule has 0 aliphatic carbocycles. The third-order valence-electron chi connectivity index (χ3n) is 3.41. The molecule has 0 aromatic heterocycles. The van der Waals surface area contributed by atoms with Crippen molar-refractivity contribution < 1.29 is 19.0 Å². The minimum Gasteiger partial charge on any atom is -0.493 e. The van der Waals surface area contributed by atoms with E-state index in [0.29, 0.717) is 36.1 Å². The van der Waals surface area contributed by atoms with E-state index < -0.39 is 0 Å². The number of methoxy groups -OCH3 is 1. The van der Waals surface area contributed by atoms with Gasteiger partial charge in [0.2, 0.25) is 11.7 Å². The summed E-state index contributed by atoms with van der Waals surface area (Å²) in [5.41, 5.74) is 1.50. The van der Waals surface area contributed by atoms with Crippen LogP contribution in [0.25, 0.3) is 6.08 Å². The molecule has 0 saturated heterocycles. The molecule has 0 saturated carbocycles. The molecule has 1 heterocycles. The van der Waals surface area contributed by atoms with Crippen LogP contribution in [0.15, 0.2) is 46.9 Å². The van der Waals surface area contributed by atoms with Crippen LogP contribution >= 0.6 is 15.9 Å². The van der Waals surface area contributed by atoms with E-state index >= 15 is 0 Å². The lowest BCUT2D eigenvalue weighted by Gasteiger charge is -2.20. The molecule has 2 aromatic rings. The second-order valence-corrected chi connectivity index (χ2v) is 5.90. The van der Waals surface area contributed by atoms with Gasteiger partial charge in [0.05, 0.1) is 12.8 Å². The lowest BCUT2D eigenvalue weighted by Crippen LogP contribution is -2.16. The van der Waals surface area contributed by atoms with Gasteiger partial charge in [0.25, 0.3) is 0 Å². The van der Waals surface area contributed by atoms with Gasteiger partial charge in [0.1, 0.15) is 13.2 Å². The number of benzene rings is 2. The summed E-state index contributed by atoms with van der Waals surface area (Å²) in [5, 5.41) is 2.81. The summed E-state index contributed by atoms with van der Waals surface area (Å²) >= 11 is 3.40. The van der Waals surface area contributed by atoms with Crippen molar-refractivity contribution in [2.75, 3.05) is 25.6 Å². The highest BCUT2D eigenvalue weighted by Gasteiger charge is 2.17. The first-order chi connectivity index (χ1) is 11.7. The predicted molar refractivity (Wildman–Crippen MR) is 95.8 cm³/mol. The zero-order valence-corrected chi connectivity index (χ0v) is 14.6. The van der Waals surface area contributed by atoms with Crippen molar-refractivity contribution in [2.45, 2.75) is 0 Å². The Bertz CT molecular complexity index is 771. The van der Waals surface area contributed by atoms with Crippen molar-refractivity contribution >= 4 is 33.6 Å². The van der Waals surface area contributed by atoms with Crippen LogP contribution in [0.5, 0.6) is 17.2 Å². The highest BCUT2D eigenvalue weighted by molar-refractivity contribution is 9.10. The van der Waals surface area contributed by atoms with Gasteiger partial charge in [0, 0.05) is 10.5 Å². The molecule has 3 rings (SSSR count). The zero-order valence-electron chi connectivity index (χ0n) is 13.0. The molecular weight excluding hydrogens is 374 g/mol. The topological polar surface area (TPSA) is 56.8 Å². The summed E-state index contributed by atoms with van der Waals surface area (Å²) in [6.07, 6.45) is 3.16. The van der Waals surface area contributed by atoms with Gasteiger partial charge in [-0.2, -0.15) is 0 Å². The van der Waals surface area contributed by atoms with E-state index in [1.165, 1.54) is 6.08 Å². The third kappa shape index (κ3) is 3.71. The molecule has 1 N–H and O–H groups in total. The molecule has 24 heavy (non-hydrogen) atoms. The van der Waals surface area contributed by atoms with E-state index in [-0.39, 0.29) is 5.91 Å². The standard InChI is InChI=1S/C18H16BrNO4/c1-22-15-10-12(11-16-18(15)24-9-8-23-16)6-7-17(21)20-14-5-3-2-4-13(14)19/h2-7,10-11H,8-9H2,1H3,(H,20,21)/b7-6+. The molecule has 0 fully saturated rings. The van der Waals surface area contributed by atoms with E-state index in [1.54, 1.807) is 19.3 Å². The average molecular weight is 390 g/mol. The SMILES string of the molecule is COc1cc(/C=C/C(=O)Nc2ccccc2Br)cc2c1OCCO2. The number of ether oxygens (including phenoxy) is 3. The number of fused-ring (bicyclic) bond motifs is 1. The van der Waals surface area contributed by atoms with Crippen molar-refractivity contribution in [2.24, 2.45) is 0 Å².